The first-order chi connectivity index (χ1) is 19.9. The van der Waals surface area contributed by atoms with Crippen molar-refractivity contribution >= 4 is 49.5 Å². The summed E-state index contributed by atoms with van der Waals surface area (Å²) in [4.78, 5) is 17.6. The lowest BCUT2D eigenvalue weighted by molar-refractivity contribution is 0.103. The molecule has 0 aromatic heterocycles. The third kappa shape index (κ3) is 3.75. The van der Waals surface area contributed by atoms with Crippen molar-refractivity contribution in [2.24, 2.45) is 0 Å². The van der Waals surface area contributed by atoms with E-state index < -0.39 is 9.84 Å². The fourth-order valence-electron chi connectivity index (χ4n) is 5.73. The molecule has 0 aliphatic carbocycles. The minimum atomic E-state index is -3.85. The number of para-hydroxylation sites is 1. The Morgan fingerprint density at radius 1 is 0.659 bits per heavy atom. The van der Waals surface area contributed by atoms with Gasteiger partial charge in [-0.2, -0.15) is 0 Å². The monoisotopic (exact) mass is 569 g/mol. The molecule has 0 saturated heterocycles. The van der Waals surface area contributed by atoms with Crippen molar-refractivity contribution in [2.75, 3.05) is 4.90 Å². The largest absolute Gasteiger partial charge is 0.308 e. The quantitative estimate of drug-likeness (QED) is 0.213. The first-order valence-corrected chi connectivity index (χ1v) is 15.3. The molecular formula is C35H23NO3S2. The molecule has 198 valence electrons. The van der Waals surface area contributed by atoms with Crippen molar-refractivity contribution in [3.8, 4) is 11.1 Å². The summed E-state index contributed by atoms with van der Waals surface area (Å²) in [5.41, 5.74) is 4.98. The lowest BCUT2D eigenvalue weighted by Gasteiger charge is -2.34. The van der Waals surface area contributed by atoms with Crippen LogP contribution in [0.5, 0.6) is 0 Å². The maximum Gasteiger partial charge on any atom is 0.208 e. The Hall–Kier alpha value is -4.65. The number of thioether (sulfide) groups is 1. The first-order valence-electron chi connectivity index (χ1n) is 13.0. The van der Waals surface area contributed by atoms with Gasteiger partial charge < -0.3 is 4.90 Å². The van der Waals surface area contributed by atoms with E-state index in [4.69, 9.17) is 0 Å². The molecule has 0 spiro atoms. The Balaban J connectivity index is 1.44. The summed E-state index contributed by atoms with van der Waals surface area (Å²) in [5, 5.41) is 1.96. The summed E-state index contributed by atoms with van der Waals surface area (Å²) in [7, 11) is -3.85. The topological polar surface area (TPSA) is 54.5 Å². The van der Waals surface area contributed by atoms with Gasteiger partial charge in [-0.05, 0) is 65.1 Å². The number of benzene rings is 5. The molecule has 0 atom stereocenters. The summed E-state index contributed by atoms with van der Waals surface area (Å²) in [6, 6.07) is 31.9. The van der Waals surface area contributed by atoms with Crippen LogP contribution in [0.3, 0.4) is 0 Å². The number of ketones is 1. The fraction of sp³-hybridized carbons (Fsp3) is 0. The molecule has 6 heteroatoms. The second-order valence-electron chi connectivity index (χ2n) is 9.78. The number of allylic oxidation sites excluding steroid dienone is 2. The summed E-state index contributed by atoms with van der Waals surface area (Å²) < 4.78 is 27.2. The van der Waals surface area contributed by atoms with Gasteiger partial charge in [0.15, 0.2) is 5.78 Å². The van der Waals surface area contributed by atoms with E-state index in [1.54, 1.807) is 42.1 Å². The Labute approximate surface area is 242 Å². The van der Waals surface area contributed by atoms with Gasteiger partial charge in [0.2, 0.25) is 9.84 Å². The van der Waals surface area contributed by atoms with Gasteiger partial charge in [-0.25, -0.2) is 8.42 Å². The van der Waals surface area contributed by atoms with Crippen LogP contribution in [-0.2, 0) is 9.84 Å². The molecule has 0 amide bonds. The highest BCUT2D eigenvalue weighted by molar-refractivity contribution is 8.03. The van der Waals surface area contributed by atoms with E-state index >= 15 is 0 Å². The van der Waals surface area contributed by atoms with Crippen LogP contribution in [0, 0.1) is 0 Å². The van der Waals surface area contributed by atoms with Gasteiger partial charge in [0, 0.05) is 26.3 Å². The lowest BCUT2D eigenvalue weighted by atomic mass is 9.94. The molecule has 0 bridgehead atoms. The van der Waals surface area contributed by atoms with Crippen LogP contribution in [0.1, 0.15) is 15.9 Å². The number of hydrogen-bond acceptors (Lipinski definition) is 5. The van der Waals surface area contributed by atoms with Crippen LogP contribution >= 0.6 is 11.8 Å². The SMILES string of the molecule is C=CC1=C(C=C)N(c2cccc3c(-c4ccc5c(c4)S(=O)(=O)c4ccccc4C5=O)cccc23)c2ccccc2S1. The highest BCUT2D eigenvalue weighted by Crippen LogP contribution is 2.49. The van der Waals surface area contributed by atoms with Crippen LogP contribution in [0.15, 0.2) is 154 Å². The molecule has 7 rings (SSSR count). The van der Waals surface area contributed by atoms with Crippen LogP contribution in [0.4, 0.5) is 11.4 Å². The molecule has 5 aromatic rings. The van der Waals surface area contributed by atoms with E-state index in [1.807, 2.05) is 54.6 Å². The van der Waals surface area contributed by atoms with E-state index in [0.29, 0.717) is 0 Å². The summed E-state index contributed by atoms with van der Waals surface area (Å²) in [5.74, 6) is -0.277. The number of carbonyl (C=O) groups is 1. The van der Waals surface area contributed by atoms with Crippen LogP contribution in [0.25, 0.3) is 21.9 Å². The normalized spacial score (nSPS) is 15.2. The predicted octanol–water partition coefficient (Wildman–Crippen LogP) is 8.71. The average molecular weight is 570 g/mol. The number of sulfone groups is 1. The number of rotatable bonds is 4. The zero-order valence-electron chi connectivity index (χ0n) is 21.9. The minimum Gasteiger partial charge on any atom is -0.308 e. The Morgan fingerprint density at radius 3 is 2.17 bits per heavy atom. The fourth-order valence-corrected chi connectivity index (χ4v) is 8.42. The number of fused-ring (bicyclic) bond motifs is 4. The van der Waals surface area contributed by atoms with Gasteiger partial charge >= 0.3 is 0 Å². The van der Waals surface area contributed by atoms with Crippen molar-refractivity contribution in [1.82, 2.24) is 0 Å². The molecule has 2 aliphatic heterocycles. The second-order valence-corrected chi connectivity index (χ2v) is 12.8. The maximum absolute atomic E-state index is 13.6. The maximum atomic E-state index is 13.6. The summed E-state index contributed by atoms with van der Waals surface area (Å²) in [6.07, 6.45) is 3.71. The molecule has 0 fully saturated rings. The van der Waals surface area contributed by atoms with Gasteiger partial charge in [0.05, 0.1) is 26.9 Å². The molecule has 41 heavy (non-hydrogen) atoms. The molecule has 4 nitrogen and oxygen atoms in total. The summed E-state index contributed by atoms with van der Waals surface area (Å²) in [6.45, 7) is 8.15. The van der Waals surface area contributed by atoms with Crippen LogP contribution in [0.2, 0.25) is 0 Å². The van der Waals surface area contributed by atoms with Crippen LogP contribution < -0.4 is 4.90 Å². The van der Waals surface area contributed by atoms with Gasteiger partial charge in [-0.15, -0.1) is 0 Å². The van der Waals surface area contributed by atoms with E-state index in [9.17, 15) is 13.2 Å². The Kier molecular flexibility index (Phi) is 5.85. The van der Waals surface area contributed by atoms with Gasteiger partial charge in [0.1, 0.15) is 0 Å². The number of hydrogen-bond donors (Lipinski definition) is 0. The lowest BCUT2D eigenvalue weighted by Crippen LogP contribution is -2.20. The zero-order valence-corrected chi connectivity index (χ0v) is 23.5. The van der Waals surface area contributed by atoms with Crippen molar-refractivity contribution in [2.45, 2.75) is 14.7 Å². The van der Waals surface area contributed by atoms with Crippen molar-refractivity contribution < 1.29 is 13.2 Å². The molecular weight excluding hydrogens is 547 g/mol. The van der Waals surface area contributed by atoms with E-state index in [0.717, 1.165) is 48.8 Å². The zero-order chi connectivity index (χ0) is 28.3. The Morgan fingerprint density at radius 2 is 1.34 bits per heavy atom. The summed E-state index contributed by atoms with van der Waals surface area (Å²) >= 11 is 1.67. The molecule has 0 N–H and O–H groups in total. The molecule has 0 radical (unpaired) electrons. The van der Waals surface area contributed by atoms with Crippen molar-refractivity contribution in [3.05, 3.63) is 150 Å². The molecule has 0 saturated carbocycles. The minimum absolute atomic E-state index is 0.0429. The average Bonchev–Trinajstić information content (AvgIpc) is 3.02. The predicted molar refractivity (Wildman–Crippen MR) is 167 cm³/mol. The van der Waals surface area contributed by atoms with E-state index in [1.165, 1.54) is 6.07 Å². The first kappa shape index (κ1) is 25.3. The van der Waals surface area contributed by atoms with E-state index in [-0.39, 0.29) is 26.7 Å². The molecule has 0 unspecified atom stereocenters. The van der Waals surface area contributed by atoms with Gasteiger partial charge in [-0.1, -0.05) is 91.7 Å². The number of nitrogens with zero attached hydrogens (tertiary/aromatic N) is 1. The number of anilines is 2. The second kappa shape index (κ2) is 9.47. The Bertz CT molecular complexity index is 2110. The van der Waals surface area contributed by atoms with Crippen LogP contribution in [-0.4, -0.2) is 14.2 Å². The molecule has 2 heterocycles. The standard InChI is InChI=1S/C35H23NO3S2/c1-3-28-31(4-2)40-32-17-7-6-15-30(32)36(28)29-16-10-13-24-23(12-9-14-25(24)29)22-19-20-27-34(21-22)41(38,39)33-18-8-5-11-26(33)35(27)37/h3-21H,1-2H2. The third-order valence-electron chi connectivity index (χ3n) is 7.59. The van der Waals surface area contributed by atoms with Gasteiger partial charge in [-0.3, -0.25) is 4.79 Å². The van der Waals surface area contributed by atoms with E-state index in [2.05, 4.69) is 42.3 Å². The highest BCUT2D eigenvalue weighted by Gasteiger charge is 2.35. The van der Waals surface area contributed by atoms with Crippen molar-refractivity contribution in [1.29, 1.82) is 0 Å². The highest BCUT2D eigenvalue weighted by atomic mass is 32.2. The van der Waals surface area contributed by atoms with Gasteiger partial charge in [0.25, 0.3) is 0 Å². The van der Waals surface area contributed by atoms with Crippen molar-refractivity contribution in [3.63, 3.8) is 0 Å². The molecule has 2 aliphatic rings. The third-order valence-corrected chi connectivity index (χ3v) is 10.6. The smallest absolute Gasteiger partial charge is 0.208 e. The molecule has 5 aromatic carbocycles. The number of carbonyl (C=O) groups excluding carboxylic acids is 1.